The molecule has 0 unspecified atom stereocenters. The Labute approximate surface area is 102 Å². The van der Waals surface area contributed by atoms with Crippen LogP contribution in [0.15, 0.2) is 40.6 Å². The second-order valence-corrected chi connectivity index (χ2v) is 4.86. The van der Waals surface area contributed by atoms with Crippen molar-refractivity contribution in [2.75, 3.05) is 0 Å². The predicted octanol–water partition coefficient (Wildman–Crippen LogP) is 5.53. The van der Waals surface area contributed by atoms with E-state index in [2.05, 4.69) is 18.4 Å². The molecule has 0 saturated carbocycles. The Kier molecular flexibility index (Phi) is 6.62. The van der Waals surface area contributed by atoms with Crippen LogP contribution in [0.2, 0.25) is 5.02 Å². The van der Waals surface area contributed by atoms with Gasteiger partial charge in [-0.3, -0.25) is 0 Å². The van der Waals surface area contributed by atoms with Gasteiger partial charge < -0.3 is 0 Å². The third-order valence-corrected chi connectivity index (χ3v) is 3.21. The summed E-state index contributed by atoms with van der Waals surface area (Å²) < 4.78 is 0. The van der Waals surface area contributed by atoms with E-state index in [4.69, 9.17) is 11.6 Å². The van der Waals surface area contributed by atoms with Gasteiger partial charge in [-0.15, -0.1) is 0 Å². The zero-order chi connectivity index (χ0) is 10.9. The molecule has 1 aromatic rings. The van der Waals surface area contributed by atoms with Crippen molar-refractivity contribution < 1.29 is 0 Å². The van der Waals surface area contributed by atoms with Crippen LogP contribution < -0.4 is 0 Å². The number of halogens is 1. The third-order valence-electron chi connectivity index (χ3n) is 2.09. The van der Waals surface area contributed by atoms with Crippen LogP contribution in [0.4, 0.5) is 0 Å². The zero-order valence-electron chi connectivity index (χ0n) is 9.08. The van der Waals surface area contributed by atoms with Crippen molar-refractivity contribution in [3.63, 3.8) is 0 Å². The molecule has 0 saturated heterocycles. The maximum atomic E-state index is 5.80. The summed E-state index contributed by atoms with van der Waals surface area (Å²) in [5.74, 6) is 0. The number of thioether (sulfide) groups is 1. The van der Waals surface area contributed by atoms with Gasteiger partial charge in [0.15, 0.2) is 0 Å². The van der Waals surface area contributed by atoms with Gasteiger partial charge in [0.05, 0.1) is 0 Å². The van der Waals surface area contributed by atoms with Crippen molar-refractivity contribution in [3.8, 4) is 0 Å². The van der Waals surface area contributed by atoms with Gasteiger partial charge in [-0.05, 0) is 42.5 Å². The van der Waals surface area contributed by atoms with Gasteiger partial charge in [0.1, 0.15) is 0 Å². The van der Waals surface area contributed by atoms with Gasteiger partial charge in [0.2, 0.25) is 0 Å². The largest absolute Gasteiger partial charge is 0.0984 e. The number of benzene rings is 1. The Morgan fingerprint density at radius 2 is 1.93 bits per heavy atom. The predicted molar refractivity (Wildman–Crippen MR) is 70.6 cm³/mol. The maximum absolute atomic E-state index is 5.80. The van der Waals surface area contributed by atoms with Gasteiger partial charge >= 0.3 is 0 Å². The topological polar surface area (TPSA) is 0 Å². The number of allylic oxidation sites excluding steroid dienone is 1. The molecular formula is C13H17ClS. The summed E-state index contributed by atoms with van der Waals surface area (Å²) in [6.45, 7) is 2.23. The molecule has 1 rings (SSSR count). The molecule has 0 fully saturated rings. The van der Waals surface area contributed by atoms with E-state index in [9.17, 15) is 0 Å². The fourth-order valence-electron chi connectivity index (χ4n) is 1.22. The molecular weight excluding hydrogens is 224 g/mol. The SMILES string of the molecule is CCCCC/C=C/Sc1ccc(Cl)cc1. The smallest absolute Gasteiger partial charge is 0.0406 e. The summed E-state index contributed by atoms with van der Waals surface area (Å²) in [5, 5.41) is 2.96. The highest BCUT2D eigenvalue weighted by atomic mass is 35.5. The van der Waals surface area contributed by atoms with E-state index >= 15 is 0 Å². The summed E-state index contributed by atoms with van der Waals surface area (Å²) in [4.78, 5) is 1.24. The summed E-state index contributed by atoms with van der Waals surface area (Å²) in [6.07, 6.45) is 7.35. The average molecular weight is 241 g/mol. The number of hydrogen-bond acceptors (Lipinski definition) is 1. The molecule has 2 heteroatoms. The molecule has 0 aliphatic rings. The van der Waals surface area contributed by atoms with Crippen molar-refractivity contribution >= 4 is 23.4 Å². The van der Waals surface area contributed by atoms with Crippen LogP contribution in [0.5, 0.6) is 0 Å². The quantitative estimate of drug-likeness (QED) is 0.466. The molecule has 0 N–H and O–H groups in total. The highest BCUT2D eigenvalue weighted by Crippen LogP contribution is 2.21. The molecule has 82 valence electrons. The number of unbranched alkanes of at least 4 members (excludes halogenated alkanes) is 3. The van der Waals surface area contributed by atoms with Crippen molar-refractivity contribution in [1.29, 1.82) is 0 Å². The van der Waals surface area contributed by atoms with E-state index in [1.807, 2.05) is 24.3 Å². The number of hydrogen-bond donors (Lipinski definition) is 0. The molecule has 0 spiro atoms. The lowest BCUT2D eigenvalue weighted by Gasteiger charge is -1.96. The monoisotopic (exact) mass is 240 g/mol. The maximum Gasteiger partial charge on any atom is 0.0406 e. The van der Waals surface area contributed by atoms with Crippen molar-refractivity contribution in [3.05, 3.63) is 40.8 Å². The highest BCUT2D eigenvalue weighted by Gasteiger charge is 1.90. The van der Waals surface area contributed by atoms with Gasteiger partial charge in [-0.2, -0.15) is 0 Å². The molecule has 0 atom stereocenters. The van der Waals surface area contributed by atoms with E-state index in [-0.39, 0.29) is 0 Å². The van der Waals surface area contributed by atoms with Crippen LogP contribution in [-0.4, -0.2) is 0 Å². The van der Waals surface area contributed by atoms with Crippen LogP contribution in [0, 0.1) is 0 Å². The van der Waals surface area contributed by atoms with E-state index in [0.29, 0.717) is 0 Å². The van der Waals surface area contributed by atoms with Crippen LogP contribution in [-0.2, 0) is 0 Å². The standard InChI is InChI=1S/C13H17ClS/c1-2-3-4-5-6-11-15-13-9-7-12(14)8-10-13/h6-11H,2-5H2,1H3/b11-6+. The van der Waals surface area contributed by atoms with Crippen molar-refractivity contribution in [1.82, 2.24) is 0 Å². The second-order valence-electron chi connectivity index (χ2n) is 3.44. The van der Waals surface area contributed by atoms with Gasteiger partial charge in [0, 0.05) is 9.92 Å². The first kappa shape index (κ1) is 12.7. The molecule has 0 aliphatic carbocycles. The second kappa shape index (κ2) is 7.84. The molecule has 15 heavy (non-hydrogen) atoms. The lowest BCUT2D eigenvalue weighted by Crippen LogP contribution is -1.70. The summed E-state index contributed by atoms with van der Waals surface area (Å²) in [6, 6.07) is 7.94. The van der Waals surface area contributed by atoms with Crippen LogP contribution in [0.1, 0.15) is 32.6 Å². The Morgan fingerprint density at radius 3 is 2.60 bits per heavy atom. The highest BCUT2D eigenvalue weighted by molar-refractivity contribution is 8.02. The molecule has 0 amide bonds. The lowest BCUT2D eigenvalue weighted by molar-refractivity contribution is 0.729. The van der Waals surface area contributed by atoms with Crippen LogP contribution in [0.25, 0.3) is 0 Å². The Morgan fingerprint density at radius 1 is 1.20 bits per heavy atom. The minimum Gasteiger partial charge on any atom is -0.0984 e. The van der Waals surface area contributed by atoms with Gasteiger partial charge in [-0.25, -0.2) is 0 Å². The molecule has 0 heterocycles. The molecule has 0 radical (unpaired) electrons. The van der Waals surface area contributed by atoms with Crippen LogP contribution >= 0.6 is 23.4 Å². The van der Waals surface area contributed by atoms with E-state index in [0.717, 1.165) is 5.02 Å². The minimum atomic E-state index is 0.797. The van der Waals surface area contributed by atoms with Gasteiger partial charge in [0.25, 0.3) is 0 Å². The average Bonchev–Trinajstić information content (AvgIpc) is 2.26. The minimum absolute atomic E-state index is 0.797. The lowest BCUT2D eigenvalue weighted by atomic mass is 10.2. The normalized spacial score (nSPS) is 11.1. The summed E-state index contributed by atoms with van der Waals surface area (Å²) in [7, 11) is 0. The Hall–Kier alpha value is -0.400. The number of rotatable bonds is 6. The van der Waals surface area contributed by atoms with Gasteiger partial charge in [-0.1, -0.05) is 49.2 Å². The van der Waals surface area contributed by atoms with E-state index in [1.165, 1.54) is 30.6 Å². The molecule has 0 aromatic heterocycles. The first-order valence-electron chi connectivity index (χ1n) is 5.40. The fourth-order valence-corrected chi connectivity index (χ4v) is 2.03. The molecule has 0 aliphatic heterocycles. The van der Waals surface area contributed by atoms with Crippen molar-refractivity contribution in [2.45, 2.75) is 37.5 Å². The Bertz CT molecular complexity index is 290. The third kappa shape index (κ3) is 5.91. The Balaban J connectivity index is 2.22. The van der Waals surface area contributed by atoms with E-state index in [1.54, 1.807) is 11.8 Å². The summed E-state index contributed by atoms with van der Waals surface area (Å²) >= 11 is 7.55. The summed E-state index contributed by atoms with van der Waals surface area (Å²) in [5.41, 5.74) is 0. The molecule has 0 bridgehead atoms. The van der Waals surface area contributed by atoms with Crippen LogP contribution in [0.3, 0.4) is 0 Å². The molecule has 0 nitrogen and oxygen atoms in total. The molecule has 1 aromatic carbocycles. The fraction of sp³-hybridized carbons (Fsp3) is 0.385. The van der Waals surface area contributed by atoms with Crippen molar-refractivity contribution in [2.24, 2.45) is 0 Å². The zero-order valence-corrected chi connectivity index (χ0v) is 10.7. The first-order chi connectivity index (χ1) is 7.33. The van der Waals surface area contributed by atoms with E-state index < -0.39 is 0 Å². The first-order valence-corrected chi connectivity index (χ1v) is 6.66.